The Kier molecular flexibility index (Phi) is 4.51. The van der Waals surface area contributed by atoms with Crippen LogP contribution in [0, 0.1) is 12.8 Å². The smallest absolute Gasteiger partial charge is 0.255 e. The third kappa shape index (κ3) is 3.21. The van der Waals surface area contributed by atoms with E-state index in [1.807, 2.05) is 4.90 Å². The second-order valence-corrected chi connectivity index (χ2v) is 8.07. The van der Waals surface area contributed by atoms with Crippen LogP contribution in [-0.4, -0.2) is 32.3 Å². The van der Waals surface area contributed by atoms with Crippen molar-refractivity contribution in [3.63, 3.8) is 0 Å². The first-order chi connectivity index (χ1) is 9.30. The van der Waals surface area contributed by atoms with Crippen LogP contribution in [0.4, 0.5) is 0 Å². The molecule has 7 heteroatoms. The largest absolute Gasteiger partial charge is 0.339 e. The van der Waals surface area contributed by atoms with E-state index in [0.29, 0.717) is 17.0 Å². The number of amides is 1. The molecule has 1 aliphatic rings. The number of rotatable bonds is 2. The van der Waals surface area contributed by atoms with E-state index in [4.69, 9.17) is 5.14 Å². The minimum Gasteiger partial charge on any atom is -0.339 e. The molecule has 1 fully saturated rings. The first kappa shape index (κ1) is 15.5. The van der Waals surface area contributed by atoms with Crippen LogP contribution in [0.3, 0.4) is 0 Å². The van der Waals surface area contributed by atoms with Crippen molar-refractivity contribution in [2.45, 2.75) is 37.3 Å². The number of hydrogen-bond acceptors (Lipinski definition) is 4. The number of nitrogens with two attached hydrogens (primary N) is 1. The Bertz CT molecular complexity index is 607. The van der Waals surface area contributed by atoms with Crippen LogP contribution in [0.5, 0.6) is 0 Å². The van der Waals surface area contributed by atoms with Crippen molar-refractivity contribution in [2.75, 3.05) is 13.1 Å². The zero-order valence-corrected chi connectivity index (χ0v) is 13.4. The van der Waals surface area contributed by atoms with Crippen LogP contribution in [0.25, 0.3) is 0 Å². The molecule has 2 heterocycles. The summed E-state index contributed by atoms with van der Waals surface area (Å²) in [6, 6.07) is 0. The Morgan fingerprint density at radius 3 is 2.70 bits per heavy atom. The summed E-state index contributed by atoms with van der Waals surface area (Å²) in [6.45, 7) is 5.32. The molecule has 0 aliphatic carbocycles. The van der Waals surface area contributed by atoms with E-state index >= 15 is 0 Å². The summed E-state index contributed by atoms with van der Waals surface area (Å²) in [4.78, 5) is 14.3. The van der Waals surface area contributed by atoms with Crippen molar-refractivity contribution in [2.24, 2.45) is 11.1 Å². The van der Waals surface area contributed by atoms with Gasteiger partial charge >= 0.3 is 0 Å². The van der Waals surface area contributed by atoms with Crippen LogP contribution in [0.15, 0.2) is 9.59 Å². The van der Waals surface area contributed by atoms with Gasteiger partial charge in [-0.25, -0.2) is 13.6 Å². The maximum atomic E-state index is 12.5. The molecule has 1 unspecified atom stereocenters. The highest BCUT2D eigenvalue weighted by molar-refractivity contribution is 7.91. The molecule has 1 aromatic rings. The van der Waals surface area contributed by atoms with Crippen LogP contribution < -0.4 is 5.14 Å². The highest BCUT2D eigenvalue weighted by Crippen LogP contribution is 2.27. The normalized spacial score (nSPS) is 20.8. The second kappa shape index (κ2) is 5.83. The number of hydrogen-bond donors (Lipinski definition) is 1. The van der Waals surface area contributed by atoms with Crippen molar-refractivity contribution >= 4 is 27.3 Å². The quantitative estimate of drug-likeness (QED) is 0.905. The summed E-state index contributed by atoms with van der Waals surface area (Å²) in [5, 5.41) is 6.75. The van der Waals surface area contributed by atoms with Gasteiger partial charge in [0, 0.05) is 18.5 Å². The van der Waals surface area contributed by atoms with E-state index in [9.17, 15) is 13.2 Å². The van der Waals surface area contributed by atoms with E-state index in [-0.39, 0.29) is 10.1 Å². The van der Waals surface area contributed by atoms with E-state index in [2.05, 4.69) is 6.92 Å². The Balaban J connectivity index is 2.24. The Hall–Kier alpha value is -0.920. The molecule has 0 bridgehead atoms. The van der Waals surface area contributed by atoms with Gasteiger partial charge in [-0.3, -0.25) is 4.79 Å². The molecule has 1 amide bonds. The second-order valence-electron chi connectivity index (χ2n) is 5.44. The molecule has 2 N–H and O–H groups in total. The lowest BCUT2D eigenvalue weighted by atomic mass is 10.0. The molecule has 112 valence electrons. The van der Waals surface area contributed by atoms with Gasteiger partial charge in [-0.1, -0.05) is 6.92 Å². The summed E-state index contributed by atoms with van der Waals surface area (Å²) in [5.74, 6) is 0.555. The maximum Gasteiger partial charge on any atom is 0.255 e. The predicted molar refractivity (Wildman–Crippen MR) is 79.3 cm³/mol. The summed E-state index contributed by atoms with van der Waals surface area (Å²) in [6.07, 6.45) is 3.13. The van der Waals surface area contributed by atoms with Crippen molar-refractivity contribution < 1.29 is 13.2 Å². The molecule has 0 aromatic carbocycles. The fourth-order valence-corrected chi connectivity index (χ4v) is 4.53. The van der Waals surface area contributed by atoms with E-state index in [1.54, 1.807) is 12.3 Å². The monoisotopic (exact) mass is 316 g/mol. The van der Waals surface area contributed by atoms with E-state index in [0.717, 1.165) is 43.7 Å². The van der Waals surface area contributed by atoms with Crippen molar-refractivity contribution in [1.29, 1.82) is 0 Å². The fraction of sp³-hybridized carbons (Fsp3) is 0.615. The molecule has 20 heavy (non-hydrogen) atoms. The molecule has 1 atom stereocenters. The SMILES string of the molecule is Cc1c(C(=O)N2CCCC(C)CC2)csc1S(N)(=O)=O. The fourth-order valence-electron chi connectivity index (χ4n) is 2.53. The molecule has 2 rings (SSSR count). The number of thiophene rings is 1. The summed E-state index contributed by atoms with van der Waals surface area (Å²) in [7, 11) is -3.75. The van der Waals surface area contributed by atoms with Gasteiger partial charge in [0.1, 0.15) is 4.21 Å². The van der Waals surface area contributed by atoms with E-state index in [1.165, 1.54) is 0 Å². The van der Waals surface area contributed by atoms with Gasteiger partial charge in [0.25, 0.3) is 5.91 Å². The number of sulfonamides is 1. The van der Waals surface area contributed by atoms with Crippen molar-refractivity contribution in [1.82, 2.24) is 4.90 Å². The standard InChI is InChI=1S/C13H20N2O3S2/c1-9-4-3-6-15(7-5-9)12(16)11-8-19-13(10(11)2)20(14,17)18/h8-9H,3-7H2,1-2H3,(H2,14,17,18). The zero-order chi connectivity index (χ0) is 14.9. The lowest BCUT2D eigenvalue weighted by Crippen LogP contribution is -2.32. The van der Waals surface area contributed by atoms with Gasteiger partial charge in [-0.2, -0.15) is 0 Å². The molecule has 0 radical (unpaired) electrons. The zero-order valence-electron chi connectivity index (χ0n) is 11.8. The molecule has 5 nitrogen and oxygen atoms in total. The number of primary sulfonamides is 1. The Labute approximate surface area is 123 Å². The predicted octanol–water partition coefficient (Wildman–Crippen LogP) is 1.97. The molecule has 0 saturated carbocycles. The van der Waals surface area contributed by atoms with Crippen molar-refractivity contribution in [3.05, 3.63) is 16.5 Å². The van der Waals surface area contributed by atoms with Crippen LogP contribution >= 0.6 is 11.3 Å². The van der Waals surface area contributed by atoms with Crippen LogP contribution in [0.1, 0.15) is 42.1 Å². The van der Waals surface area contributed by atoms with E-state index < -0.39 is 10.0 Å². The average Bonchev–Trinajstić information content (AvgIpc) is 2.60. The summed E-state index contributed by atoms with van der Waals surface area (Å²) >= 11 is 1.02. The maximum absolute atomic E-state index is 12.5. The first-order valence-electron chi connectivity index (χ1n) is 6.71. The lowest BCUT2D eigenvalue weighted by molar-refractivity contribution is 0.0760. The summed E-state index contributed by atoms with van der Waals surface area (Å²) in [5.41, 5.74) is 0.938. The Morgan fingerprint density at radius 1 is 1.40 bits per heavy atom. The third-order valence-corrected chi connectivity index (χ3v) is 6.47. The van der Waals surface area contributed by atoms with Crippen LogP contribution in [-0.2, 0) is 10.0 Å². The highest BCUT2D eigenvalue weighted by atomic mass is 32.2. The lowest BCUT2D eigenvalue weighted by Gasteiger charge is -2.20. The molecule has 1 aromatic heterocycles. The number of nitrogens with zero attached hydrogens (tertiary/aromatic N) is 1. The molecular weight excluding hydrogens is 296 g/mol. The average molecular weight is 316 g/mol. The van der Waals surface area contributed by atoms with Gasteiger partial charge in [-0.05, 0) is 37.7 Å². The molecular formula is C13H20N2O3S2. The minimum absolute atomic E-state index is 0.0808. The topological polar surface area (TPSA) is 80.5 Å². The van der Waals surface area contributed by atoms with Gasteiger partial charge in [0.05, 0.1) is 5.56 Å². The Morgan fingerprint density at radius 2 is 2.10 bits per heavy atom. The highest BCUT2D eigenvalue weighted by Gasteiger charge is 2.25. The number of carbonyl (C=O) groups excluding carboxylic acids is 1. The first-order valence-corrected chi connectivity index (χ1v) is 9.13. The van der Waals surface area contributed by atoms with Crippen molar-refractivity contribution in [3.8, 4) is 0 Å². The minimum atomic E-state index is -3.75. The number of carbonyl (C=O) groups is 1. The van der Waals surface area contributed by atoms with Gasteiger partial charge in [-0.15, -0.1) is 11.3 Å². The van der Waals surface area contributed by atoms with Gasteiger partial charge in [0.15, 0.2) is 0 Å². The third-order valence-electron chi connectivity index (χ3n) is 3.79. The van der Waals surface area contributed by atoms with Crippen LogP contribution in [0.2, 0.25) is 0 Å². The van der Waals surface area contributed by atoms with Gasteiger partial charge < -0.3 is 4.90 Å². The number of likely N-dealkylation sites (tertiary alicyclic amines) is 1. The van der Waals surface area contributed by atoms with Gasteiger partial charge in [0.2, 0.25) is 10.0 Å². The molecule has 1 saturated heterocycles. The summed E-state index contributed by atoms with van der Waals surface area (Å²) < 4.78 is 22.9. The molecule has 0 spiro atoms. The molecule has 1 aliphatic heterocycles.